The molecule has 7 nitrogen and oxygen atoms in total. The number of urea groups is 1. The van der Waals surface area contributed by atoms with Gasteiger partial charge < -0.3 is 14.9 Å². The van der Waals surface area contributed by atoms with Crippen LogP contribution >= 0.6 is 0 Å². The number of hydrogen-bond donors (Lipinski definition) is 3. The maximum absolute atomic E-state index is 14.4. The highest BCUT2D eigenvalue weighted by molar-refractivity contribution is 5.96. The SMILES string of the molecule is C[C@H]1O[C@@](F)(N2CCC(=O)NC2=O)[C@H](O)[C@@H]1O. The lowest BCUT2D eigenvalue weighted by atomic mass is 10.1. The molecule has 2 saturated heterocycles. The summed E-state index contributed by atoms with van der Waals surface area (Å²) in [6.45, 7) is 1.17. The number of alkyl halides is 1. The number of carbonyl (C=O) groups excluding carboxylic acids is 2. The quantitative estimate of drug-likeness (QED) is 0.500. The Bertz CT molecular complexity index is 365. The van der Waals surface area contributed by atoms with Gasteiger partial charge in [-0.05, 0) is 6.92 Å². The van der Waals surface area contributed by atoms with Crippen molar-refractivity contribution in [3.8, 4) is 0 Å². The van der Waals surface area contributed by atoms with E-state index in [1.54, 1.807) is 0 Å². The van der Waals surface area contributed by atoms with E-state index < -0.39 is 36.2 Å². The van der Waals surface area contributed by atoms with Crippen molar-refractivity contribution in [2.24, 2.45) is 0 Å². The van der Waals surface area contributed by atoms with Gasteiger partial charge in [-0.1, -0.05) is 0 Å². The third kappa shape index (κ3) is 1.78. The van der Waals surface area contributed by atoms with Gasteiger partial charge in [0.25, 0.3) is 0 Å². The lowest BCUT2D eigenvalue weighted by molar-refractivity contribution is -0.247. The van der Waals surface area contributed by atoms with Gasteiger partial charge in [0.05, 0.1) is 6.10 Å². The minimum atomic E-state index is -2.80. The smallest absolute Gasteiger partial charge is 0.328 e. The average molecular weight is 248 g/mol. The van der Waals surface area contributed by atoms with Crippen molar-refractivity contribution < 1.29 is 28.9 Å². The first-order valence-corrected chi connectivity index (χ1v) is 5.20. The first-order chi connectivity index (χ1) is 7.86. The number of nitrogens with one attached hydrogen (secondary N) is 1. The van der Waals surface area contributed by atoms with Crippen LogP contribution in [0.1, 0.15) is 13.3 Å². The first-order valence-electron chi connectivity index (χ1n) is 5.20. The van der Waals surface area contributed by atoms with Crippen LogP contribution in [0.3, 0.4) is 0 Å². The van der Waals surface area contributed by atoms with Gasteiger partial charge in [0.1, 0.15) is 6.10 Å². The molecule has 2 aliphatic heterocycles. The number of imide groups is 1. The largest absolute Gasteiger partial charge is 0.387 e. The second-order valence-corrected chi connectivity index (χ2v) is 4.12. The molecule has 0 saturated carbocycles. The van der Waals surface area contributed by atoms with Crippen molar-refractivity contribution in [2.75, 3.05) is 6.54 Å². The average Bonchev–Trinajstić information content (AvgIpc) is 2.43. The molecule has 4 atom stereocenters. The Morgan fingerprint density at radius 3 is 2.65 bits per heavy atom. The van der Waals surface area contributed by atoms with Crippen LogP contribution in [0.15, 0.2) is 0 Å². The zero-order valence-electron chi connectivity index (χ0n) is 9.09. The maximum Gasteiger partial charge on any atom is 0.328 e. The standard InChI is InChI=1S/C9H13FN2O5/c1-4-6(14)7(15)9(10,17-4)12-3-2-5(13)11-8(12)16/h4,6-7,14-15H,2-3H2,1H3,(H,11,13,16)/t4-,6-,7-,9+/m1/s1. The number of nitrogens with zero attached hydrogens (tertiary/aromatic N) is 1. The molecule has 2 rings (SSSR count). The topological polar surface area (TPSA) is 99.1 Å². The number of aliphatic hydroxyl groups is 2. The second-order valence-electron chi connectivity index (χ2n) is 4.12. The van der Waals surface area contributed by atoms with Crippen molar-refractivity contribution >= 4 is 11.9 Å². The van der Waals surface area contributed by atoms with Crippen LogP contribution < -0.4 is 5.32 Å². The summed E-state index contributed by atoms with van der Waals surface area (Å²) in [6.07, 6.45) is -4.32. The maximum atomic E-state index is 14.4. The summed E-state index contributed by atoms with van der Waals surface area (Å²) in [5.74, 6) is -3.32. The van der Waals surface area contributed by atoms with Crippen LogP contribution in [0.2, 0.25) is 0 Å². The second kappa shape index (κ2) is 3.90. The Kier molecular flexibility index (Phi) is 2.80. The molecule has 0 bridgehead atoms. The Labute approximate surface area is 96.1 Å². The van der Waals surface area contributed by atoms with Crippen LogP contribution in [0, 0.1) is 0 Å². The van der Waals surface area contributed by atoms with Gasteiger partial charge >= 0.3 is 12.0 Å². The van der Waals surface area contributed by atoms with E-state index >= 15 is 0 Å². The molecule has 0 aromatic carbocycles. The molecule has 0 aromatic rings. The number of halogens is 1. The predicted molar refractivity (Wildman–Crippen MR) is 51.3 cm³/mol. The van der Waals surface area contributed by atoms with Crippen LogP contribution in [0.25, 0.3) is 0 Å². The molecule has 2 fully saturated rings. The van der Waals surface area contributed by atoms with Gasteiger partial charge in [0.2, 0.25) is 5.91 Å². The fraction of sp³-hybridized carbons (Fsp3) is 0.778. The zero-order chi connectivity index (χ0) is 12.8. The van der Waals surface area contributed by atoms with Gasteiger partial charge in [-0.3, -0.25) is 15.0 Å². The lowest BCUT2D eigenvalue weighted by Gasteiger charge is -2.37. The molecule has 0 unspecified atom stereocenters. The van der Waals surface area contributed by atoms with Gasteiger partial charge in [-0.15, -0.1) is 0 Å². The zero-order valence-corrected chi connectivity index (χ0v) is 9.09. The van der Waals surface area contributed by atoms with E-state index in [-0.39, 0.29) is 13.0 Å². The first kappa shape index (κ1) is 12.2. The summed E-state index contributed by atoms with van der Waals surface area (Å²) < 4.78 is 19.2. The molecule has 96 valence electrons. The third-order valence-corrected chi connectivity index (χ3v) is 2.94. The summed E-state index contributed by atoms with van der Waals surface area (Å²) in [6, 6.07) is -0.982. The monoisotopic (exact) mass is 248 g/mol. The van der Waals surface area contributed by atoms with Crippen LogP contribution in [0.4, 0.5) is 9.18 Å². The molecule has 17 heavy (non-hydrogen) atoms. The van der Waals surface area contributed by atoms with Crippen LogP contribution in [0.5, 0.6) is 0 Å². The molecule has 0 radical (unpaired) electrons. The van der Waals surface area contributed by atoms with Gasteiger partial charge in [-0.2, -0.15) is 4.39 Å². The summed E-state index contributed by atoms with van der Waals surface area (Å²) in [7, 11) is 0. The molecule has 3 N–H and O–H groups in total. The highest BCUT2D eigenvalue weighted by Gasteiger charge is 2.59. The number of ether oxygens (including phenoxy) is 1. The van der Waals surface area contributed by atoms with Gasteiger partial charge in [-0.25, -0.2) is 4.79 Å². The Hall–Kier alpha value is -1.25. The highest BCUT2D eigenvalue weighted by atomic mass is 19.2. The van der Waals surface area contributed by atoms with E-state index in [0.29, 0.717) is 4.90 Å². The normalized spacial score (nSPS) is 42.8. The van der Waals surface area contributed by atoms with Crippen molar-refractivity contribution in [2.45, 2.75) is 37.6 Å². The predicted octanol–water partition coefficient (Wildman–Crippen LogP) is -1.31. The summed E-state index contributed by atoms with van der Waals surface area (Å²) in [5, 5.41) is 20.9. The van der Waals surface area contributed by atoms with E-state index in [9.17, 15) is 24.2 Å². The summed E-state index contributed by atoms with van der Waals surface area (Å²) in [5.41, 5.74) is 0. The molecule has 2 heterocycles. The fourth-order valence-electron chi connectivity index (χ4n) is 1.95. The number of aliphatic hydroxyl groups excluding tert-OH is 2. The van der Waals surface area contributed by atoms with E-state index in [0.717, 1.165) is 0 Å². The van der Waals surface area contributed by atoms with Gasteiger partial charge in [0.15, 0.2) is 6.10 Å². The summed E-state index contributed by atoms with van der Waals surface area (Å²) >= 11 is 0. The van der Waals surface area contributed by atoms with E-state index in [2.05, 4.69) is 0 Å². The molecule has 3 amide bonds. The molecule has 0 spiro atoms. The summed E-state index contributed by atoms with van der Waals surface area (Å²) in [4.78, 5) is 22.9. The Balaban J connectivity index is 2.21. The number of hydrogen-bond acceptors (Lipinski definition) is 5. The molecular formula is C9H13FN2O5. The Morgan fingerprint density at radius 2 is 2.18 bits per heavy atom. The van der Waals surface area contributed by atoms with Crippen molar-refractivity contribution in [3.05, 3.63) is 0 Å². The van der Waals surface area contributed by atoms with Crippen LogP contribution in [-0.4, -0.2) is 57.9 Å². The van der Waals surface area contributed by atoms with Crippen LogP contribution in [-0.2, 0) is 9.53 Å². The highest BCUT2D eigenvalue weighted by Crippen LogP contribution is 2.36. The Morgan fingerprint density at radius 1 is 1.53 bits per heavy atom. The van der Waals surface area contributed by atoms with Crippen molar-refractivity contribution in [1.82, 2.24) is 10.2 Å². The van der Waals surface area contributed by atoms with E-state index in [1.165, 1.54) is 6.92 Å². The van der Waals surface area contributed by atoms with E-state index in [4.69, 9.17) is 4.74 Å². The molecule has 2 aliphatic rings. The third-order valence-electron chi connectivity index (χ3n) is 2.94. The molecular weight excluding hydrogens is 235 g/mol. The number of amides is 3. The minimum Gasteiger partial charge on any atom is -0.387 e. The number of carbonyl (C=O) groups is 2. The molecule has 0 aliphatic carbocycles. The molecule has 0 aromatic heterocycles. The van der Waals surface area contributed by atoms with E-state index in [1.807, 2.05) is 5.32 Å². The van der Waals surface area contributed by atoms with Crippen molar-refractivity contribution in [1.29, 1.82) is 0 Å². The minimum absolute atomic E-state index is 0.0854. The molecule has 8 heteroatoms. The van der Waals surface area contributed by atoms with Crippen molar-refractivity contribution in [3.63, 3.8) is 0 Å². The lowest BCUT2D eigenvalue weighted by Crippen LogP contribution is -2.62. The van der Waals surface area contributed by atoms with Gasteiger partial charge in [0, 0.05) is 13.0 Å². The fourth-order valence-corrected chi connectivity index (χ4v) is 1.95. The number of rotatable bonds is 1.